The fraction of sp³-hybridized carbons (Fsp3) is 0.357. The number of ether oxygens (including phenoxy) is 1. The lowest BCUT2D eigenvalue weighted by atomic mass is 10.1. The van der Waals surface area contributed by atoms with E-state index in [1.54, 1.807) is 6.20 Å². The zero-order chi connectivity index (χ0) is 12.4. The normalized spacial score (nSPS) is 19.2. The van der Waals surface area contributed by atoms with Crippen LogP contribution in [0.3, 0.4) is 0 Å². The van der Waals surface area contributed by atoms with Crippen LogP contribution in [0.1, 0.15) is 12.8 Å². The fourth-order valence-electron chi connectivity index (χ4n) is 2.40. The third kappa shape index (κ3) is 2.11. The number of rotatable bonds is 3. The first-order valence-electron chi connectivity index (χ1n) is 6.32. The molecule has 1 aliphatic rings. The first-order valence-corrected chi connectivity index (χ1v) is 6.32. The standard InChI is InChI=1S/C14H17N3O/c15-13-3-4-14(12-9-16-6-5-11(12)13)17-8-10-2-1-7-18-10/h3-6,9-10,17H,1-2,7-8,15H2. The van der Waals surface area contributed by atoms with E-state index < -0.39 is 0 Å². The predicted octanol–water partition coefficient (Wildman–Crippen LogP) is 2.41. The number of hydrogen-bond donors (Lipinski definition) is 2. The highest BCUT2D eigenvalue weighted by Gasteiger charge is 2.15. The van der Waals surface area contributed by atoms with Crippen LogP contribution in [0.2, 0.25) is 0 Å². The number of anilines is 2. The first-order chi connectivity index (χ1) is 8.84. The fourth-order valence-corrected chi connectivity index (χ4v) is 2.40. The minimum atomic E-state index is 0.328. The second-order valence-corrected chi connectivity index (χ2v) is 4.64. The molecule has 2 heterocycles. The number of fused-ring (bicyclic) bond motifs is 1. The number of hydrogen-bond acceptors (Lipinski definition) is 4. The summed E-state index contributed by atoms with van der Waals surface area (Å²) < 4.78 is 5.61. The van der Waals surface area contributed by atoms with E-state index in [-0.39, 0.29) is 0 Å². The molecular formula is C14H17N3O. The molecule has 1 atom stereocenters. The average molecular weight is 243 g/mol. The molecule has 1 saturated heterocycles. The van der Waals surface area contributed by atoms with Crippen LogP contribution >= 0.6 is 0 Å². The van der Waals surface area contributed by atoms with Crippen molar-refractivity contribution in [2.75, 3.05) is 24.2 Å². The number of benzene rings is 1. The maximum Gasteiger partial charge on any atom is 0.0748 e. The zero-order valence-corrected chi connectivity index (χ0v) is 10.2. The molecule has 0 bridgehead atoms. The van der Waals surface area contributed by atoms with Gasteiger partial charge in [-0.3, -0.25) is 4.98 Å². The molecule has 1 unspecified atom stereocenters. The summed E-state index contributed by atoms with van der Waals surface area (Å²) in [6.07, 6.45) is 6.25. The van der Waals surface area contributed by atoms with E-state index in [4.69, 9.17) is 10.5 Å². The van der Waals surface area contributed by atoms with Gasteiger partial charge in [-0.25, -0.2) is 0 Å². The Balaban J connectivity index is 1.85. The molecular weight excluding hydrogens is 226 g/mol. The quantitative estimate of drug-likeness (QED) is 0.813. The van der Waals surface area contributed by atoms with E-state index in [2.05, 4.69) is 10.3 Å². The van der Waals surface area contributed by atoms with Gasteiger partial charge in [0.2, 0.25) is 0 Å². The Labute approximate surface area is 106 Å². The number of pyridine rings is 1. The van der Waals surface area contributed by atoms with Crippen LogP contribution in [0.15, 0.2) is 30.6 Å². The maximum absolute atomic E-state index is 5.96. The molecule has 94 valence electrons. The summed E-state index contributed by atoms with van der Waals surface area (Å²) in [4.78, 5) is 4.17. The number of nitrogens with two attached hydrogens (primary N) is 1. The Morgan fingerprint density at radius 2 is 2.28 bits per heavy atom. The Hall–Kier alpha value is -1.81. The van der Waals surface area contributed by atoms with E-state index in [1.165, 1.54) is 0 Å². The summed E-state index contributed by atoms with van der Waals surface area (Å²) in [6, 6.07) is 5.89. The molecule has 2 aromatic rings. The molecule has 4 heteroatoms. The van der Waals surface area contributed by atoms with Crippen molar-refractivity contribution in [3.05, 3.63) is 30.6 Å². The monoisotopic (exact) mass is 243 g/mol. The highest BCUT2D eigenvalue weighted by Crippen LogP contribution is 2.27. The number of nitrogens with one attached hydrogen (secondary N) is 1. The van der Waals surface area contributed by atoms with Gasteiger partial charge in [-0.1, -0.05) is 0 Å². The lowest BCUT2D eigenvalue weighted by molar-refractivity contribution is 0.120. The summed E-state index contributed by atoms with van der Waals surface area (Å²) in [5, 5.41) is 5.55. The second kappa shape index (κ2) is 4.82. The van der Waals surface area contributed by atoms with Crippen molar-refractivity contribution in [1.29, 1.82) is 0 Å². The van der Waals surface area contributed by atoms with Crippen LogP contribution in [0.4, 0.5) is 11.4 Å². The lowest BCUT2D eigenvalue weighted by Gasteiger charge is -2.14. The topological polar surface area (TPSA) is 60.2 Å². The maximum atomic E-state index is 5.96. The molecule has 0 radical (unpaired) electrons. The summed E-state index contributed by atoms with van der Waals surface area (Å²) in [5.74, 6) is 0. The minimum absolute atomic E-state index is 0.328. The van der Waals surface area contributed by atoms with E-state index in [1.807, 2.05) is 24.4 Å². The molecule has 1 aromatic carbocycles. The van der Waals surface area contributed by atoms with E-state index in [0.29, 0.717) is 6.10 Å². The van der Waals surface area contributed by atoms with Crippen LogP contribution < -0.4 is 11.1 Å². The van der Waals surface area contributed by atoms with Gasteiger partial charge in [-0.05, 0) is 31.0 Å². The third-order valence-corrected chi connectivity index (χ3v) is 3.40. The Morgan fingerprint density at radius 1 is 1.33 bits per heavy atom. The van der Waals surface area contributed by atoms with Gasteiger partial charge in [-0.15, -0.1) is 0 Å². The molecule has 1 fully saturated rings. The molecule has 4 nitrogen and oxygen atoms in total. The molecule has 3 N–H and O–H groups in total. The van der Waals surface area contributed by atoms with Crippen LogP contribution in [0.5, 0.6) is 0 Å². The number of aromatic nitrogens is 1. The molecule has 1 aromatic heterocycles. The van der Waals surface area contributed by atoms with Crippen molar-refractivity contribution in [3.63, 3.8) is 0 Å². The van der Waals surface area contributed by atoms with Crippen LogP contribution in [-0.4, -0.2) is 24.2 Å². The minimum Gasteiger partial charge on any atom is -0.398 e. The van der Waals surface area contributed by atoms with Gasteiger partial charge in [0, 0.05) is 47.7 Å². The first kappa shape index (κ1) is 11.3. The number of nitrogen functional groups attached to an aromatic ring is 1. The van der Waals surface area contributed by atoms with Crippen molar-refractivity contribution in [3.8, 4) is 0 Å². The molecule has 0 saturated carbocycles. The molecule has 0 spiro atoms. The van der Waals surface area contributed by atoms with E-state index in [9.17, 15) is 0 Å². The van der Waals surface area contributed by atoms with Gasteiger partial charge in [0.15, 0.2) is 0 Å². The van der Waals surface area contributed by atoms with Crippen molar-refractivity contribution in [2.24, 2.45) is 0 Å². The highest BCUT2D eigenvalue weighted by atomic mass is 16.5. The van der Waals surface area contributed by atoms with Crippen molar-refractivity contribution >= 4 is 22.1 Å². The summed E-state index contributed by atoms with van der Waals surface area (Å²) in [6.45, 7) is 1.73. The molecule has 0 aliphatic carbocycles. The molecule has 0 amide bonds. The average Bonchev–Trinajstić information content (AvgIpc) is 2.92. The third-order valence-electron chi connectivity index (χ3n) is 3.40. The van der Waals surface area contributed by atoms with E-state index >= 15 is 0 Å². The van der Waals surface area contributed by atoms with Gasteiger partial charge >= 0.3 is 0 Å². The van der Waals surface area contributed by atoms with Crippen LogP contribution in [0.25, 0.3) is 10.8 Å². The summed E-state index contributed by atoms with van der Waals surface area (Å²) in [5.41, 5.74) is 7.82. The molecule has 1 aliphatic heterocycles. The molecule has 3 rings (SSSR count). The van der Waals surface area contributed by atoms with E-state index in [0.717, 1.165) is 48.1 Å². The Bertz CT molecular complexity index is 550. The Kier molecular flexibility index (Phi) is 3.02. The van der Waals surface area contributed by atoms with Gasteiger partial charge in [-0.2, -0.15) is 0 Å². The lowest BCUT2D eigenvalue weighted by Crippen LogP contribution is -2.18. The van der Waals surface area contributed by atoms with Crippen molar-refractivity contribution in [2.45, 2.75) is 18.9 Å². The second-order valence-electron chi connectivity index (χ2n) is 4.64. The summed E-state index contributed by atoms with van der Waals surface area (Å²) in [7, 11) is 0. The zero-order valence-electron chi connectivity index (χ0n) is 10.2. The van der Waals surface area contributed by atoms with Gasteiger partial charge < -0.3 is 15.8 Å². The van der Waals surface area contributed by atoms with Crippen molar-refractivity contribution < 1.29 is 4.74 Å². The molecule has 18 heavy (non-hydrogen) atoms. The smallest absolute Gasteiger partial charge is 0.0748 e. The van der Waals surface area contributed by atoms with Gasteiger partial charge in [0.25, 0.3) is 0 Å². The summed E-state index contributed by atoms with van der Waals surface area (Å²) >= 11 is 0. The van der Waals surface area contributed by atoms with Gasteiger partial charge in [0.1, 0.15) is 0 Å². The largest absolute Gasteiger partial charge is 0.398 e. The van der Waals surface area contributed by atoms with Crippen molar-refractivity contribution in [1.82, 2.24) is 4.98 Å². The number of nitrogens with zero attached hydrogens (tertiary/aromatic N) is 1. The highest BCUT2D eigenvalue weighted by molar-refractivity contribution is 6.00. The Morgan fingerprint density at radius 3 is 3.11 bits per heavy atom. The van der Waals surface area contributed by atoms with Crippen LogP contribution in [-0.2, 0) is 4.74 Å². The van der Waals surface area contributed by atoms with Gasteiger partial charge in [0.05, 0.1) is 6.10 Å². The predicted molar refractivity (Wildman–Crippen MR) is 73.6 cm³/mol. The van der Waals surface area contributed by atoms with Crippen LogP contribution in [0, 0.1) is 0 Å². The SMILES string of the molecule is Nc1ccc(NCC2CCCO2)c2cnccc12.